The topological polar surface area (TPSA) is 325 Å². The minimum atomic E-state index is -1.81. The summed E-state index contributed by atoms with van der Waals surface area (Å²) in [5.74, 6) is -7.79. The number of phenols is 1. The number of carbonyl (C=O) groups is 9. The van der Waals surface area contributed by atoms with Gasteiger partial charge in [-0.25, -0.2) is 4.79 Å². The highest BCUT2D eigenvalue weighted by Crippen LogP contribution is 2.25. The molecule has 4 rings (SSSR count). The molecule has 372 valence electrons. The fourth-order valence-electron chi connectivity index (χ4n) is 8.00. The van der Waals surface area contributed by atoms with Gasteiger partial charge in [0.25, 0.3) is 0 Å². The van der Waals surface area contributed by atoms with Crippen molar-refractivity contribution in [3.63, 3.8) is 0 Å². The van der Waals surface area contributed by atoms with Gasteiger partial charge in [0.2, 0.25) is 47.8 Å². The fourth-order valence-corrected chi connectivity index (χ4v) is 8.00. The van der Waals surface area contributed by atoms with E-state index in [1.54, 1.807) is 50.2 Å². The van der Waals surface area contributed by atoms with Crippen molar-refractivity contribution in [1.82, 2.24) is 36.4 Å². The Hall–Kier alpha value is -6.81. The van der Waals surface area contributed by atoms with E-state index in [-0.39, 0.29) is 57.1 Å². The van der Waals surface area contributed by atoms with Gasteiger partial charge in [0, 0.05) is 19.9 Å². The molecule has 0 saturated carbocycles. The number of aryl methyl sites for hydroxylation is 1. The molecule has 22 nitrogen and oxygen atoms in total. The van der Waals surface area contributed by atoms with Crippen molar-refractivity contribution in [2.24, 2.45) is 11.7 Å². The number of fused-ring (bicyclic) bond motifs is 2. The number of cyclic esters (lactones) is 1. The highest BCUT2D eigenvalue weighted by atomic mass is 16.5. The zero-order valence-corrected chi connectivity index (χ0v) is 39.0. The van der Waals surface area contributed by atoms with E-state index in [1.165, 1.54) is 40.1 Å². The number of primary amides is 1. The molecule has 22 heteroatoms. The monoisotopic (exact) mass is 952 g/mol. The summed E-state index contributed by atoms with van der Waals surface area (Å²) in [6, 6.07) is 1.78. The van der Waals surface area contributed by atoms with E-state index in [9.17, 15) is 58.5 Å². The standard InChI is InChI=1S/C46H64N8O14/c1-7-24(2)37-46(66)68-26(4)38(52-40(60)31(48-23-55)18-20-35(47)58)43(63)49-32(17-12-27-8-13-29(57)14-9-27)41(61)50-33-19-21-36(59)54(44(33)64)39(25(3)56)45(65)53(5)34(42(62)51-37)22-28-10-15-30(67-6)16-11-28/h8-11,13-16,23-26,31-34,36-39,56-57,59H,7,12,17-22H2,1-6H3,(H2,47,58)(H,48,55)(H,49,63)(H,50,61)(H,51,62)(H,52,60)/t24-,25+,26-,31-,32-,33-,34-,36+,37-,38-,39-/m0/s1. The van der Waals surface area contributed by atoms with Crippen molar-refractivity contribution in [1.29, 1.82) is 0 Å². The number of benzene rings is 2. The van der Waals surface area contributed by atoms with Crippen LogP contribution in [0.15, 0.2) is 48.5 Å². The number of aliphatic hydroxyl groups is 2. The number of hydrogen-bond acceptors (Lipinski definition) is 14. The largest absolute Gasteiger partial charge is 0.508 e. The first-order valence-corrected chi connectivity index (χ1v) is 22.5. The Labute approximate surface area is 394 Å². The molecular weight excluding hydrogens is 889 g/mol. The first-order valence-electron chi connectivity index (χ1n) is 22.5. The van der Waals surface area contributed by atoms with Gasteiger partial charge >= 0.3 is 5.97 Å². The van der Waals surface area contributed by atoms with Crippen molar-refractivity contribution < 1.29 is 67.9 Å². The van der Waals surface area contributed by atoms with Crippen LogP contribution in [0.1, 0.15) is 77.3 Å². The van der Waals surface area contributed by atoms with Crippen LogP contribution < -0.4 is 37.1 Å². The number of rotatable bonds is 16. The molecule has 0 spiro atoms. The first-order chi connectivity index (χ1) is 32.2. The Balaban J connectivity index is 1.88. The third kappa shape index (κ3) is 14.1. The summed E-state index contributed by atoms with van der Waals surface area (Å²) in [7, 11) is 2.74. The zero-order chi connectivity index (χ0) is 50.4. The molecule has 2 aliphatic rings. The van der Waals surface area contributed by atoms with Gasteiger partial charge in [-0.2, -0.15) is 0 Å². The molecule has 10 N–H and O–H groups in total. The molecule has 8 amide bonds. The molecule has 0 unspecified atom stereocenters. The van der Waals surface area contributed by atoms with Crippen molar-refractivity contribution in [2.45, 2.75) is 140 Å². The number of ether oxygens (including phenoxy) is 2. The van der Waals surface area contributed by atoms with E-state index < -0.39 is 114 Å². The molecule has 2 aromatic rings. The quantitative estimate of drug-likeness (QED) is 0.0677. The van der Waals surface area contributed by atoms with Crippen LogP contribution in [0.5, 0.6) is 11.5 Å². The minimum absolute atomic E-state index is 0.0299. The lowest BCUT2D eigenvalue weighted by Crippen LogP contribution is -2.67. The Morgan fingerprint density at radius 1 is 0.941 bits per heavy atom. The lowest BCUT2D eigenvalue weighted by Gasteiger charge is -2.43. The number of hydrogen-bond donors (Lipinski definition) is 9. The predicted molar refractivity (Wildman–Crippen MR) is 241 cm³/mol. The van der Waals surface area contributed by atoms with E-state index in [2.05, 4.69) is 26.6 Å². The van der Waals surface area contributed by atoms with Gasteiger partial charge in [-0.15, -0.1) is 0 Å². The summed E-state index contributed by atoms with van der Waals surface area (Å²) in [6.07, 6.45) is -5.47. The van der Waals surface area contributed by atoms with Crippen LogP contribution in [-0.2, 0) is 60.7 Å². The van der Waals surface area contributed by atoms with Gasteiger partial charge in [0.1, 0.15) is 66.1 Å². The number of methoxy groups -OCH3 is 1. The molecule has 0 aromatic heterocycles. The second-order valence-corrected chi connectivity index (χ2v) is 17.2. The van der Waals surface area contributed by atoms with E-state index >= 15 is 0 Å². The van der Waals surface area contributed by atoms with Gasteiger partial charge in [-0.05, 0) is 87.3 Å². The van der Waals surface area contributed by atoms with Crippen LogP contribution in [0.4, 0.5) is 0 Å². The first kappa shape index (κ1) is 53.8. The number of esters is 1. The second kappa shape index (κ2) is 24.8. The lowest BCUT2D eigenvalue weighted by molar-refractivity contribution is -0.170. The second-order valence-electron chi connectivity index (χ2n) is 17.2. The number of nitrogens with two attached hydrogens (primary N) is 1. The van der Waals surface area contributed by atoms with Crippen molar-refractivity contribution in [3.8, 4) is 11.5 Å². The summed E-state index contributed by atoms with van der Waals surface area (Å²) in [5.41, 5.74) is 6.45. The molecule has 2 aliphatic heterocycles. The molecular formula is C46H64N8O14. The maximum absolute atomic E-state index is 14.7. The molecule has 2 bridgehead atoms. The van der Waals surface area contributed by atoms with Crippen LogP contribution in [0, 0.1) is 5.92 Å². The number of aromatic hydroxyl groups is 1. The molecule has 0 aliphatic carbocycles. The highest BCUT2D eigenvalue weighted by Gasteiger charge is 2.47. The van der Waals surface area contributed by atoms with E-state index in [1.807, 2.05) is 0 Å². The minimum Gasteiger partial charge on any atom is -0.508 e. The number of nitrogens with one attached hydrogen (secondary N) is 5. The number of piperidine rings is 1. The zero-order valence-electron chi connectivity index (χ0n) is 39.0. The summed E-state index contributed by atoms with van der Waals surface area (Å²) in [4.78, 5) is 125. The van der Waals surface area contributed by atoms with Crippen molar-refractivity contribution >= 4 is 53.7 Å². The number of phenolic OH excluding ortho intramolecular Hbond substituents is 1. The molecule has 0 radical (unpaired) electrons. The average molecular weight is 953 g/mol. The van der Waals surface area contributed by atoms with Gasteiger partial charge in [0.15, 0.2) is 0 Å². The van der Waals surface area contributed by atoms with Crippen LogP contribution in [0.3, 0.4) is 0 Å². The Morgan fingerprint density at radius 2 is 1.59 bits per heavy atom. The van der Waals surface area contributed by atoms with Crippen LogP contribution >= 0.6 is 0 Å². The smallest absolute Gasteiger partial charge is 0.329 e. The maximum atomic E-state index is 14.7. The summed E-state index contributed by atoms with van der Waals surface area (Å²) < 4.78 is 11.1. The number of amides is 8. The van der Waals surface area contributed by atoms with Gasteiger partial charge in [0.05, 0.1) is 13.2 Å². The van der Waals surface area contributed by atoms with Crippen LogP contribution in [0.2, 0.25) is 0 Å². The van der Waals surface area contributed by atoms with E-state index in [0.717, 1.165) is 9.80 Å². The van der Waals surface area contributed by atoms with Gasteiger partial charge in [-0.3, -0.25) is 38.4 Å². The normalized spacial score (nSPS) is 25.7. The van der Waals surface area contributed by atoms with Crippen molar-refractivity contribution in [3.05, 3.63) is 59.7 Å². The molecule has 2 saturated heterocycles. The summed E-state index contributed by atoms with van der Waals surface area (Å²) in [5, 5.41) is 45.0. The predicted octanol–water partition coefficient (Wildman–Crippen LogP) is -1.60. The van der Waals surface area contributed by atoms with E-state index in [0.29, 0.717) is 23.3 Å². The van der Waals surface area contributed by atoms with Crippen molar-refractivity contribution in [2.75, 3.05) is 14.2 Å². The molecule has 68 heavy (non-hydrogen) atoms. The number of nitrogens with zero attached hydrogens (tertiary/aromatic N) is 2. The SMILES string of the molecule is CC[C@H](C)[C@@H]1NC(=O)[C@H](Cc2ccc(OC)cc2)N(C)C(=O)[C@H]([C@@H](C)O)N2C(=O)[C@H](CC[C@H]2O)NC(=O)[C@H](CCc2ccc(O)cc2)NC(=O)[C@@H](NC(=O)[C@H](CCC(N)=O)NC=O)[C@H](C)OC1=O. The summed E-state index contributed by atoms with van der Waals surface area (Å²) >= 11 is 0. The highest BCUT2D eigenvalue weighted by molar-refractivity contribution is 5.98. The number of carbonyl (C=O) groups excluding carboxylic acids is 9. The van der Waals surface area contributed by atoms with Gasteiger partial charge in [-0.1, -0.05) is 44.5 Å². The fraction of sp³-hybridized carbons (Fsp3) is 0.543. The van der Waals surface area contributed by atoms with Gasteiger partial charge < -0.3 is 66.9 Å². The molecule has 2 heterocycles. The third-order valence-electron chi connectivity index (χ3n) is 12.3. The Kier molecular flexibility index (Phi) is 19.6. The van der Waals surface area contributed by atoms with Crippen LogP contribution in [-0.4, -0.2) is 154 Å². The van der Waals surface area contributed by atoms with Crippen LogP contribution in [0.25, 0.3) is 0 Å². The molecule has 11 atom stereocenters. The number of aliphatic hydroxyl groups excluding tert-OH is 2. The molecule has 2 aromatic carbocycles. The van der Waals surface area contributed by atoms with E-state index in [4.69, 9.17) is 15.2 Å². The third-order valence-corrected chi connectivity index (χ3v) is 12.3. The molecule has 2 fully saturated rings. The summed E-state index contributed by atoms with van der Waals surface area (Å²) in [6.45, 7) is 5.87. The maximum Gasteiger partial charge on any atom is 0.329 e. The Bertz CT molecular complexity index is 2120. The number of likely N-dealkylation sites (N-methyl/N-ethyl adjacent to an activating group) is 1. The average Bonchev–Trinajstić information content (AvgIpc) is 3.30. The Morgan fingerprint density at radius 3 is 2.18 bits per heavy atom. The lowest BCUT2D eigenvalue weighted by atomic mass is 9.96.